The number of amides is 1. The molecule has 0 atom stereocenters. The van der Waals surface area contributed by atoms with E-state index in [4.69, 9.17) is 5.73 Å². The zero-order valence-electron chi connectivity index (χ0n) is 11.9. The maximum Gasteiger partial charge on any atom is 0.257 e. The highest BCUT2D eigenvalue weighted by atomic mass is 35.5. The first-order valence-electron chi connectivity index (χ1n) is 6.98. The lowest BCUT2D eigenvalue weighted by molar-refractivity contribution is 0.0456. The van der Waals surface area contributed by atoms with Crippen molar-refractivity contribution in [1.29, 1.82) is 0 Å². The molecule has 21 heavy (non-hydrogen) atoms. The molecule has 1 aromatic heterocycles. The van der Waals surface area contributed by atoms with Gasteiger partial charge in [-0.2, -0.15) is 0 Å². The van der Waals surface area contributed by atoms with Gasteiger partial charge in [-0.15, -0.1) is 24.8 Å². The number of nitrogens with zero attached hydrogens (tertiary/aromatic N) is 3. The molecule has 2 N–H and O–H groups in total. The second-order valence-electron chi connectivity index (χ2n) is 5.38. The van der Waals surface area contributed by atoms with Gasteiger partial charge in [-0.3, -0.25) is 14.7 Å². The number of halogens is 2. The molecular weight excluding hydrogens is 311 g/mol. The Morgan fingerprint density at radius 1 is 1.19 bits per heavy atom. The van der Waals surface area contributed by atoms with E-state index in [0.717, 1.165) is 32.2 Å². The van der Waals surface area contributed by atoms with E-state index in [1.165, 1.54) is 19.3 Å². The van der Waals surface area contributed by atoms with Crippen molar-refractivity contribution < 1.29 is 4.79 Å². The van der Waals surface area contributed by atoms with E-state index < -0.39 is 0 Å². The summed E-state index contributed by atoms with van der Waals surface area (Å²) in [6, 6.07) is 2.44. The first-order valence-corrected chi connectivity index (χ1v) is 6.98. The number of aromatic nitrogens is 1. The fourth-order valence-electron chi connectivity index (χ4n) is 2.80. The van der Waals surface area contributed by atoms with Gasteiger partial charge in [-0.1, -0.05) is 6.42 Å². The summed E-state index contributed by atoms with van der Waals surface area (Å²) in [6.45, 7) is 3.56. The summed E-state index contributed by atoms with van der Waals surface area (Å²) in [5.41, 5.74) is 6.88. The molecule has 2 heterocycles. The maximum atomic E-state index is 12.4. The summed E-state index contributed by atoms with van der Waals surface area (Å²) in [6.07, 6.45) is 7.18. The lowest BCUT2D eigenvalue weighted by atomic mass is 9.91. The summed E-state index contributed by atoms with van der Waals surface area (Å²) in [7, 11) is 0. The number of nitrogens with two attached hydrogens (primary N) is 1. The molecule has 0 spiro atoms. The van der Waals surface area contributed by atoms with Crippen LogP contribution in [0.4, 0.5) is 5.69 Å². The fraction of sp³-hybridized carbons (Fsp3) is 0.571. The molecule has 118 valence electrons. The number of hydrogen-bond acceptors (Lipinski definition) is 4. The molecule has 5 nitrogen and oxygen atoms in total. The molecule has 3 rings (SSSR count). The Morgan fingerprint density at radius 3 is 2.38 bits per heavy atom. The second kappa shape index (κ2) is 7.82. The van der Waals surface area contributed by atoms with Gasteiger partial charge in [0.25, 0.3) is 5.91 Å². The van der Waals surface area contributed by atoms with Gasteiger partial charge in [-0.05, 0) is 18.9 Å². The zero-order chi connectivity index (χ0) is 13.2. The van der Waals surface area contributed by atoms with E-state index in [-0.39, 0.29) is 30.7 Å². The zero-order valence-corrected chi connectivity index (χ0v) is 13.5. The van der Waals surface area contributed by atoms with Crippen molar-refractivity contribution in [2.45, 2.75) is 25.3 Å². The Morgan fingerprint density at radius 2 is 1.86 bits per heavy atom. The molecule has 2 fully saturated rings. The van der Waals surface area contributed by atoms with Crippen LogP contribution >= 0.6 is 24.8 Å². The van der Waals surface area contributed by atoms with E-state index in [2.05, 4.69) is 9.88 Å². The van der Waals surface area contributed by atoms with Gasteiger partial charge in [0, 0.05) is 50.3 Å². The molecular formula is C14H22Cl2N4O. The van der Waals surface area contributed by atoms with Crippen LogP contribution in [-0.2, 0) is 0 Å². The topological polar surface area (TPSA) is 62.5 Å². The number of hydrogen-bond donors (Lipinski definition) is 1. The fourth-order valence-corrected chi connectivity index (χ4v) is 2.80. The first-order chi connectivity index (χ1) is 9.25. The largest absolute Gasteiger partial charge is 0.398 e. The monoisotopic (exact) mass is 332 g/mol. The summed E-state index contributed by atoms with van der Waals surface area (Å²) < 4.78 is 0. The van der Waals surface area contributed by atoms with Crippen LogP contribution in [0.25, 0.3) is 0 Å². The number of anilines is 1. The van der Waals surface area contributed by atoms with Gasteiger partial charge in [0.15, 0.2) is 0 Å². The van der Waals surface area contributed by atoms with E-state index in [9.17, 15) is 4.79 Å². The van der Waals surface area contributed by atoms with Gasteiger partial charge in [0.2, 0.25) is 0 Å². The van der Waals surface area contributed by atoms with E-state index >= 15 is 0 Å². The van der Waals surface area contributed by atoms with Crippen molar-refractivity contribution in [2.24, 2.45) is 0 Å². The predicted octanol–water partition coefficient (Wildman–Crippen LogP) is 1.82. The van der Waals surface area contributed by atoms with Crippen LogP contribution in [0.3, 0.4) is 0 Å². The van der Waals surface area contributed by atoms with Crippen LogP contribution in [0.1, 0.15) is 29.6 Å². The normalized spacial score (nSPS) is 19.1. The van der Waals surface area contributed by atoms with Crippen LogP contribution in [0.2, 0.25) is 0 Å². The summed E-state index contributed by atoms with van der Waals surface area (Å²) >= 11 is 0. The van der Waals surface area contributed by atoms with Gasteiger partial charge in [0.05, 0.1) is 5.56 Å². The van der Waals surface area contributed by atoms with Crippen molar-refractivity contribution >= 4 is 36.4 Å². The minimum absolute atomic E-state index is 0. The van der Waals surface area contributed by atoms with Crippen LogP contribution in [0, 0.1) is 0 Å². The number of carbonyl (C=O) groups is 1. The highest BCUT2D eigenvalue weighted by Crippen LogP contribution is 2.26. The lowest BCUT2D eigenvalue weighted by Gasteiger charge is -2.42. The number of nitrogen functional groups attached to an aromatic ring is 1. The lowest BCUT2D eigenvalue weighted by Crippen LogP contribution is -2.53. The Balaban J connectivity index is 0.00000110. The summed E-state index contributed by atoms with van der Waals surface area (Å²) in [5, 5.41) is 0. The SMILES string of the molecule is Cl.Cl.Nc1ccncc1C(=O)N1CCN(C2CCC2)CC1. The van der Waals surface area contributed by atoms with Crippen molar-refractivity contribution in [2.75, 3.05) is 31.9 Å². The van der Waals surface area contributed by atoms with E-state index in [0.29, 0.717) is 11.3 Å². The van der Waals surface area contributed by atoms with Gasteiger partial charge in [-0.25, -0.2) is 0 Å². The highest BCUT2D eigenvalue weighted by molar-refractivity contribution is 5.98. The van der Waals surface area contributed by atoms with Crippen molar-refractivity contribution in [3.05, 3.63) is 24.0 Å². The smallest absolute Gasteiger partial charge is 0.257 e. The quantitative estimate of drug-likeness (QED) is 0.897. The molecule has 7 heteroatoms. The molecule has 2 aliphatic rings. The average molecular weight is 333 g/mol. The van der Waals surface area contributed by atoms with E-state index in [1.54, 1.807) is 18.5 Å². The molecule has 0 aromatic carbocycles. The third kappa shape index (κ3) is 3.78. The Bertz CT molecular complexity index is 474. The number of pyridine rings is 1. The second-order valence-corrected chi connectivity index (χ2v) is 5.38. The Hall–Kier alpha value is -1.04. The van der Waals surface area contributed by atoms with Crippen molar-refractivity contribution in [3.63, 3.8) is 0 Å². The molecule has 1 aromatic rings. The maximum absolute atomic E-state index is 12.4. The third-order valence-corrected chi connectivity index (χ3v) is 4.28. The predicted molar refractivity (Wildman–Crippen MR) is 88.3 cm³/mol. The van der Waals surface area contributed by atoms with Crippen molar-refractivity contribution in [3.8, 4) is 0 Å². The van der Waals surface area contributed by atoms with Gasteiger partial charge >= 0.3 is 0 Å². The number of rotatable bonds is 2. The van der Waals surface area contributed by atoms with Gasteiger partial charge < -0.3 is 10.6 Å². The van der Waals surface area contributed by atoms with Gasteiger partial charge in [0.1, 0.15) is 0 Å². The number of piperazine rings is 1. The highest BCUT2D eigenvalue weighted by Gasteiger charge is 2.29. The molecule has 0 radical (unpaired) electrons. The molecule has 0 unspecified atom stereocenters. The Kier molecular flexibility index (Phi) is 6.71. The summed E-state index contributed by atoms with van der Waals surface area (Å²) in [4.78, 5) is 20.8. The van der Waals surface area contributed by atoms with Crippen LogP contribution in [-0.4, -0.2) is 52.9 Å². The average Bonchev–Trinajstić information content (AvgIpc) is 2.37. The van der Waals surface area contributed by atoms with Crippen molar-refractivity contribution in [1.82, 2.24) is 14.8 Å². The number of carbonyl (C=O) groups excluding carboxylic acids is 1. The Labute approximate surface area is 137 Å². The molecule has 1 saturated carbocycles. The molecule has 1 aliphatic carbocycles. The minimum Gasteiger partial charge on any atom is -0.398 e. The van der Waals surface area contributed by atoms with E-state index in [1.807, 2.05) is 4.90 Å². The molecule has 1 saturated heterocycles. The standard InChI is InChI=1S/C14H20N4O.2ClH/c15-13-4-5-16-10-12(13)14(19)18-8-6-17(7-9-18)11-2-1-3-11;;/h4-5,10-11H,1-3,6-9H2,(H2,15,16);2*1H. The molecule has 0 bridgehead atoms. The van der Waals surface area contributed by atoms with Crippen LogP contribution in [0.15, 0.2) is 18.5 Å². The first kappa shape index (κ1) is 18.0. The minimum atomic E-state index is 0. The van der Waals surface area contributed by atoms with Crippen LogP contribution < -0.4 is 5.73 Å². The molecule has 1 amide bonds. The molecule has 1 aliphatic heterocycles. The third-order valence-electron chi connectivity index (χ3n) is 4.28. The summed E-state index contributed by atoms with van der Waals surface area (Å²) in [5.74, 6) is 0.0128. The van der Waals surface area contributed by atoms with Crippen LogP contribution in [0.5, 0.6) is 0 Å².